The van der Waals surface area contributed by atoms with Gasteiger partial charge in [0.1, 0.15) is 6.33 Å². The SMILES string of the molecule is CN(C)Cc1ccc([C@H]2CCCCN2C(=O)CCCn2cnnn2)cc1. The molecule has 0 radical (unpaired) electrons. The van der Waals surface area contributed by atoms with Crippen molar-refractivity contribution in [3.8, 4) is 0 Å². The van der Waals surface area contributed by atoms with E-state index in [1.165, 1.54) is 17.5 Å². The lowest BCUT2D eigenvalue weighted by molar-refractivity contribution is -0.135. The van der Waals surface area contributed by atoms with Crippen LogP contribution in [0.5, 0.6) is 0 Å². The number of amides is 1. The molecule has 1 atom stereocenters. The Labute approximate surface area is 155 Å². The van der Waals surface area contributed by atoms with Gasteiger partial charge in [-0.2, -0.15) is 0 Å². The molecule has 0 bridgehead atoms. The molecule has 7 nitrogen and oxygen atoms in total. The molecular weight excluding hydrogens is 328 g/mol. The van der Waals surface area contributed by atoms with Crippen molar-refractivity contribution >= 4 is 5.91 Å². The lowest BCUT2D eigenvalue weighted by Gasteiger charge is -2.36. The summed E-state index contributed by atoms with van der Waals surface area (Å²) in [4.78, 5) is 17.0. The van der Waals surface area contributed by atoms with Crippen LogP contribution in [0.2, 0.25) is 0 Å². The van der Waals surface area contributed by atoms with Gasteiger partial charge in [0.05, 0.1) is 6.04 Å². The number of aryl methyl sites for hydroxylation is 1. The first-order valence-corrected chi connectivity index (χ1v) is 9.37. The van der Waals surface area contributed by atoms with E-state index in [2.05, 4.69) is 63.7 Å². The Bertz CT molecular complexity index is 683. The Hall–Kier alpha value is -2.28. The standard InChI is InChI=1S/C19H28N6O/c1-23(2)14-16-8-10-17(11-9-16)18-6-3-4-13-25(18)19(26)7-5-12-24-15-20-21-22-24/h8-11,15,18H,3-7,12-14H2,1-2H3/t18-/m1/s1. The van der Waals surface area contributed by atoms with E-state index >= 15 is 0 Å². The molecule has 1 amide bonds. The summed E-state index contributed by atoms with van der Waals surface area (Å²) in [5, 5.41) is 11.1. The number of piperidine rings is 1. The second-order valence-corrected chi connectivity index (χ2v) is 7.25. The first-order chi connectivity index (χ1) is 12.6. The molecule has 1 aliphatic rings. The molecule has 0 N–H and O–H groups in total. The number of benzene rings is 1. The topological polar surface area (TPSA) is 67.2 Å². The third-order valence-electron chi connectivity index (χ3n) is 4.86. The smallest absolute Gasteiger partial charge is 0.223 e. The predicted molar refractivity (Wildman–Crippen MR) is 99.2 cm³/mol. The summed E-state index contributed by atoms with van der Waals surface area (Å²) in [5.41, 5.74) is 2.55. The molecule has 0 aliphatic carbocycles. The van der Waals surface area contributed by atoms with Crippen molar-refractivity contribution in [2.75, 3.05) is 20.6 Å². The van der Waals surface area contributed by atoms with Gasteiger partial charge in [0.25, 0.3) is 0 Å². The fourth-order valence-electron chi connectivity index (χ4n) is 3.61. The minimum atomic E-state index is 0.206. The third-order valence-corrected chi connectivity index (χ3v) is 4.86. The predicted octanol–water partition coefficient (Wildman–Crippen LogP) is 2.27. The Morgan fingerprint density at radius 3 is 2.73 bits per heavy atom. The maximum Gasteiger partial charge on any atom is 0.223 e. The minimum Gasteiger partial charge on any atom is -0.336 e. The van der Waals surface area contributed by atoms with Crippen LogP contribution < -0.4 is 0 Å². The number of carbonyl (C=O) groups excluding carboxylic acids is 1. The van der Waals surface area contributed by atoms with Crippen LogP contribution in [-0.2, 0) is 17.9 Å². The van der Waals surface area contributed by atoms with Crippen molar-refractivity contribution in [2.45, 2.75) is 51.2 Å². The summed E-state index contributed by atoms with van der Waals surface area (Å²) in [6, 6.07) is 8.96. The molecule has 1 aromatic carbocycles. The van der Waals surface area contributed by atoms with E-state index in [1.807, 2.05) is 0 Å². The number of rotatable bonds is 7. The van der Waals surface area contributed by atoms with Crippen molar-refractivity contribution in [1.29, 1.82) is 0 Å². The van der Waals surface area contributed by atoms with E-state index in [9.17, 15) is 4.79 Å². The number of aromatic nitrogens is 4. The summed E-state index contributed by atoms with van der Waals surface area (Å²) >= 11 is 0. The van der Waals surface area contributed by atoms with Gasteiger partial charge in [-0.05, 0) is 61.3 Å². The largest absolute Gasteiger partial charge is 0.336 e. The highest BCUT2D eigenvalue weighted by Crippen LogP contribution is 2.31. The average molecular weight is 356 g/mol. The van der Waals surface area contributed by atoms with Crippen molar-refractivity contribution in [3.05, 3.63) is 41.7 Å². The molecule has 26 heavy (non-hydrogen) atoms. The van der Waals surface area contributed by atoms with Crippen LogP contribution in [-0.4, -0.2) is 56.6 Å². The number of carbonyl (C=O) groups is 1. The molecule has 1 aromatic heterocycles. The Balaban J connectivity index is 1.60. The molecule has 2 aromatic rings. The summed E-state index contributed by atoms with van der Waals surface area (Å²) in [5.74, 6) is 0.236. The molecule has 2 heterocycles. The van der Waals surface area contributed by atoms with Gasteiger partial charge >= 0.3 is 0 Å². The summed E-state index contributed by atoms with van der Waals surface area (Å²) < 4.78 is 1.67. The fourth-order valence-corrected chi connectivity index (χ4v) is 3.61. The fraction of sp³-hybridized carbons (Fsp3) is 0.579. The number of likely N-dealkylation sites (tertiary alicyclic amines) is 1. The van der Waals surface area contributed by atoms with E-state index in [4.69, 9.17) is 0 Å². The maximum absolute atomic E-state index is 12.8. The molecule has 0 spiro atoms. The van der Waals surface area contributed by atoms with E-state index < -0.39 is 0 Å². The van der Waals surface area contributed by atoms with Crippen molar-refractivity contribution in [1.82, 2.24) is 30.0 Å². The maximum atomic E-state index is 12.8. The van der Waals surface area contributed by atoms with Crippen molar-refractivity contribution in [2.24, 2.45) is 0 Å². The monoisotopic (exact) mass is 356 g/mol. The zero-order valence-electron chi connectivity index (χ0n) is 15.7. The Morgan fingerprint density at radius 2 is 2.04 bits per heavy atom. The molecular formula is C19H28N6O. The van der Waals surface area contributed by atoms with Crippen LogP contribution in [0.3, 0.4) is 0 Å². The van der Waals surface area contributed by atoms with Crippen LogP contribution in [0.1, 0.15) is 49.3 Å². The van der Waals surface area contributed by atoms with Crippen LogP contribution in [0, 0.1) is 0 Å². The number of nitrogens with zero attached hydrogens (tertiary/aromatic N) is 6. The second-order valence-electron chi connectivity index (χ2n) is 7.25. The van der Waals surface area contributed by atoms with Crippen LogP contribution in [0.15, 0.2) is 30.6 Å². The molecule has 1 aliphatic heterocycles. The van der Waals surface area contributed by atoms with Gasteiger partial charge in [0, 0.05) is 26.1 Å². The van der Waals surface area contributed by atoms with Crippen LogP contribution >= 0.6 is 0 Å². The highest BCUT2D eigenvalue weighted by atomic mass is 16.2. The number of tetrazole rings is 1. The van der Waals surface area contributed by atoms with Gasteiger partial charge < -0.3 is 9.80 Å². The third kappa shape index (κ3) is 4.88. The highest BCUT2D eigenvalue weighted by molar-refractivity contribution is 5.76. The first-order valence-electron chi connectivity index (χ1n) is 9.37. The quantitative estimate of drug-likeness (QED) is 0.761. The van der Waals surface area contributed by atoms with Gasteiger partial charge in [-0.25, -0.2) is 4.68 Å². The summed E-state index contributed by atoms with van der Waals surface area (Å²) in [7, 11) is 4.15. The number of hydrogen-bond donors (Lipinski definition) is 0. The second kappa shape index (κ2) is 8.89. The molecule has 0 saturated carbocycles. The zero-order valence-corrected chi connectivity index (χ0v) is 15.7. The molecule has 3 rings (SSSR count). The molecule has 1 fully saturated rings. The van der Waals surface area contributed by atoms with Gasteiger partial charge in [-0.15, -0.1) is 5.10 Å². The minimum absolute atomic E-state index is 0.206. The van der Waals surface area contributed by atoms with Gasteiger partial charge in [0.2, 0.25) is 5.91 Å². The normalized spacial score (nSPS) is 17.7. The van der Waals surface area contributed by atoms with Crippen LogP contribution in [0.25, 0.3) is 0 Å². The average Bonchev–Trinajstić information content (AvgIpc) is 3.15. The van der Waals surface area contributed by atoms with E-state index in [-0.39, 0.29) is 11.9 Å². The lowest BCUT2D eigenvalue weighted by atomic mass is 9.94. The van der Waals surface area contributed by atoms with E-state index in [1.54, 1.807) is 11.0 Å². The van der Waals surface area contributed by atoms with Crippen molar-refractivity contribution in [3.63, 3.8) is 0 Å². The first kappa shape index (κ1) is 18.5. The lowest BCUT2D eigenvalue weighted by Crippen LogP contribution is -2.38. The molecule has 7 heteroatoms. The van der Waals surface area contributed by atoms with Gasteiger partial charge in [-0.3, -0.25) is 4.79 Å². The van der Waals surface area contributed by atoms with Gasteiger partial charge in [-0.1, -0.05) is 24.3 Å². The highest BCUT2D eigenvalue weighted by Gasteiger charge is 2.27. The number of hydrogen-bond acceptors (Lipinski definition) is 5. The molecule has 1 saturated heterocycles. The molecule has 140 valence electrons. The zero-order chi connectivity index (χ0) is 18.4. The van der Waals surface area contributed by atoms with E-state index in [0.29, 0.717) is 13.0 Å². The molecule has 0 unspecified atom stereocenters. The summed E-state index contributed by atoms with van der Waals surface area (Å²) in [6.45, 7) is 2.47. The van der Waals surface area contributed by atoms with Crippen LogP contribution in [0.4, 0.5) is 0 Å². The Morgan fingerprint density at radius 1 is 1.23 bits per heavy atom. The van der Waals surface area contributed by atoms with Gasteiger partial charge in [0.15, 0.2) is 0 Å². The van der Waals surface area contributed by atoms with Crippen molar-refractivity contribution < 1.29 is 4.79 Å². The summed E-state index contributed by atoms with van der Waals surface area (Å²) in [6.07, 6.45) is 6.20. The Kier molecular flexibility index (Phi) is 6.33. The van der Waals surface area contributed by atoms with E-state index in [0.717, 1.165) is 32.4 Å².